The Morgan fingerprint density at radius 3 is 1.45 bits per heavy atom. The Bertz CT molecular complexity index is 1270. The topological polar surface area (TPSA) is 95.9 Å². The van der Waals surface area contributed by atoms with Crippen molar-refractivity contribution in [2.75, 3.05) is 6.61 Å². The maximum absolute atomic E-state index is 13.2. The van der Waals surface area contributed by atoms with Crippen molar-refractivity contribution in [3.63, 3.8) is 0 Å². The largest absolute Gasteiger partial charge is 0.462 e. The van der Waals surface area contributed by atoms with Crippen LogP contribution in [0.5, 0.6) is 0 Å². The third-order valence-electron chi connectivity index (χ3n) is 11.5. The highest BCUT2D eigenvalue weighted by molar-refractivity contribution is 5.77. The molecule has 1 amide bonds. The second-order valence-electron chi connectivity index (χ2n) is 17.6. The number of ether oxygens (including phenoxy) is 1. The third-order valence-corrected chi connectivity index (χ3v) is 11.5. The molecule has 0 saturated heterocycles. The lowest BCUT2D eigenvalue weighted by atomic mass is 10.0. The first-order valence-corrected chi connectivity index (χ1v) is 26.5. The predicted octanol–water partition coefficient (Wildman–Crippen LogP) is 16.1. The molecule has 0 aliphatic rings. The molecule has 6 heteroatoms. The number of aliphatic hydroxyl groups excluding tert-OH is 2. The summed E-state index contributed by atoms with van der Waals surface area (Å²) in [7, 11) is 0. The minimum absolute atomic E-state index is 0.0246. The van der Waals surface area contributed by atoms with Crippen LogP contribution in [0.3, 0.4) is 0 Å². The summed E-state index contributed by atoms with van der Waals surface area (Å²) in [4.78, 5) is 26.1. The fourth-order valence-corrected chi connectivity index (χ4v) is 7.49. The van der Waals surface area contributed by atoms with Gasteiger partial charge in [0.15, 0.2) is 0 Å². The van der Waals surface area contributed by atoms with E-state index in [9.17, 15) is 19.8 Å². The minimum Gasteiger partial charge on any atom is -0.462 e. The molecule has 0 spiro atoms. The summed E-state index contributed by atoms with van der Waals surface area (Å²) < 4.78 is 5.89. The van der Waals surface area contributed by atoms with Crippen molar-refractivity contribution < 1.29 is 24.5 Å². The first kappa shape index (κ1) is 60.8. The maximum atomic E-state index is 13.2. The van der Waals surface area contributed by atoms with Gasteiger partial charge in [-0.25, -0.2) is 0 Å². The first-order valence-electron chi connectivity index (χ1n) is 26.5. The van der Waals surface area contributed by atoms with Crippen molar-refractivity contribution in [1.29, 1.82) is 0 Å². The molecule has 0 saturated carbocycles. The Morgan fingerprint density at radius 1 is 0.484 bits per heavy atom. The van der Waals surface area contributed by atoms with Crippen molar-refractivity contribution in [2.45, 2.75) is 251 Å². The summed E-state index contributed by atoms with van der Waals surface area (Å²) in [6, 6.07) is -0.731. The molecular formula is C58H99NO5. The van der Waals surface area contributed by atoms with Crippen LogP contribution in [0.25, 0.3) is 0 Å². The van der Waals surface area contributed by atoms with Gasteiger partial charge in [0.25, 0.3) is 0 Å². The summed E-state index contributed by atoms with van der Waals surface area (Å²) in [5.41, 5.74) is 0. The Kier molecular flexibility index (Phi) is 48.2. The second kappa shape index (κ2) is 50.8. The van der Waals surface area contributed by atoms with Gasteiger partial charge >= 0.3 is 5.97 Å². The van der Waals surface area contributed by atoms with Crippen LogP contribution in [0.15, 0.2) is 97.2 Å². The average Bonchev–Trinajstić information content (AvgIpc) is 3.29. The molecule has 0 fully saturated rings. The lowest BCUT2D eigenvalue weighted by Crippen LogP contribution is -2.46. The molecule has 0 aromatic carbocycles. The van der Waals surface area contributed by atoms with Gasteiger partial charge in [-0.15, -0.1) is 0 Å². The van der Waals surface area contributed by atoms with E-state index in [1.54, 1.807) is 0 Å². The van der Waals surface area contributed by atoms with Gasteiger partial charge in [0.05, 0.1) is 25.2 Å². The molecule has 0 heterocycles. The third kappa shape index (κ3) is 45.4. The lowest BCUT2D eigenvalue weighted by Gasteiger charge is -2.24. The molecular weight excluding hydrogens is 791 g/mol. The number of rotatable bonds is 46. The zero-order valence-corrected chi connectivity index (χ0v) is 41.6. The lowest BCUT2D eigenvalue weighted by molar-refractivity contribution is -0.151. The number of unbranched alkanes of at least 4 members (excludes halogenated alkanes) is 21. The number of carbonyl (C=O) groups is 2. The van der Waals surface area contributed by atoms with Gasteiger partial charge in [0.1, 0.15) is 6.10 Å². The molecule has 366 valence electrons. The van der Waals surface area contributed by atoms with Gasteiger partial charge in [-0.1, -0.05) is 234 Å². The van der Waals surface area contributed by atoms with E-state index in [4.69, 9.17) is 4.74 Å². The van der Waals surface area contributed by atoms with Gasteiger partial charge in [-0.05, 0) is 83.5 Å². The van der Waals surface area contributed by atoms with Crippen molar-refractivity contribution in [1.82, 2.24) is 5.32 Å². The predicted molar refractivity (Wildman–Crippen MR) is 277 cm³/mol. The second-order valence-corrected chi connectivity index (χ2v) is 17.6. The molecule has 0 rings (SSSR count). The van der Waals surface area contributed by atoms with E-state index in [0.29, 0.717) is 25.7 Å². The zero-order chi connectivity index (χ0) is 46.7. The van der Waals surface area contributed by atoms with Crippen molar-refractivity contribution >= 4 is 11.9 Å². The van der Waals surface area contributed by atoms with Crippen LogP contribution >= 0.6 is 0 Å². The number of aliphatic hydroxyl groups is 2. The van der Waals surface area contributed by atoms with Gasteiger partial charge in [-0.2, -0.15) is 0 Å². The van der Waals surface area contributed by atoms with Gasteiger partial charge in [0, 0.05) is 6.42 Å². The molecule has 3 unspecified atom stereocenters. The number of nitrogens with one attached hydrogen (secondary N) is 1. The Labute approximate surface area is 395 Å². The summed E-state index contributed by atoms with van der Waals surface area (Å²) >= 11 is 0. The van der Waals surface area contributed by atoms with E-state index in [1.165, 1.54) is 103 Å². The van der Waals surface area contributed by atoms with Crippen LogP contribution in [0, 0.1) is 0 Å². The smallest absolute Gasteiger partial charge is 0.306 e. The van der Waals surface area contributed by atoms with Crippen LogP contribution in [0.4, 0.5) is 0 Å². The first-order chi connectivity index (χ1) is 31.5. The van der Waals surface area contributed by atoms with Gasteiger partial charge < -0.3 is 20.3 Å². The van der Waals surface area contributed by atoms with E-state index < -0.39 is 18.2 Å². The fourth-order valence-electron chi connectivity index (χ4n) is 7.49. The SMILES string of the molecule is CC/C=C/C=C/C=C/C=C\CCCCCC(CC(=O)NC(CO)C(O)CCCCCCCCCCCCCCCCC)OC(=O)CCC/C=C\C/C=C\C/C=C\C/C=C\CCCCC. The summed E-state index contributed by atoms with van der Waals surface area (Å²) in [5, 5.41) is 23.8. The monoisotopic (exact) mass is 890 g/mol. The Hall–Kier alpha value is -3.22. The van der Waals surface area contributed by atoms with Gasteiger partial charge in [0.2, 0.25) is 5.91 Å². The van der Waals surface area contributed by atoms with Crippen molar-refractivity contribution in [3.8, 4) is 0 Å². The zero-order valence-electron chi connectivity index (χ0n) is 41.6. The molecule has 0 aliphatic carbocycles. The molecule has 3 atom stereocenters. The van der Waals surface area contributed by atoms with Crippen molar-refractivity contribution in [3.05, 3.63) is 97.2 Å². The number of carbonyl (C=O) groups excluding carboxylic acids is 2. The summed E-state index contributed by atoms with van der Waals surface area (Å²) in [5.74, 6) is -0.586. The highest BCUT2D eigenvalue weighted by atomic mass is 16.5. The van der Waals surface area contributed by atoms with Crippen LogP contribution in [-0.2, 0) is 14.3 Å². The minimum atomic E-state index is -0.813. The molecule has 0 aromatic rings. The molecule has 0 radical (unpaired) electrons. The maximum Gasteiger partial charge on any atom is 0.306 e. The van der Waals surface area contributed by atoms with E-state index >= 15 is 0 Å². The number of hydrogen-bond acceptors (Lipinski definition) is 5. The normalized spacial score (nSPS) is 14.0. The number of allylic oxidation sites excluding steroid dienone is 16. The number of esters is 1. The van der Waals surface area contributed by atoms with Gasteiger partial charge in [-0.3, -0.25) is 9.59 Å². The van der Waals surface area contributed by atoms with Crippen LogP contribution in [0.1, 0.15) is 233 Å². The number of amides is 1. The fraction of sp³-hybridized carbons (Fsp3) is 0.690. The molecule has 64 heavy (non-hydrogen) atoms. The highest BCUT2D eigenvalue weighted by Gasteiger charge is 2.24. The highest BCUT2D eigenvalue weighted by Crippen LogP contribution is 2.17. The van der Waals surface area contributed by atoms with E-state index in [0.717, 1.165) is 77.0 Å². The van der Waals surface area contributed by atoms with Crippen LogP contribution < -0.4 is 5.32 Å². The number of hydrogen-bond donors (Lipinski definition) is 3. The van der Waals surface area contributed by atoms with E-state index in [1.807, 2.05) is 30.4 Å². The summed E-state index contributed by atoms with van der Waals surface area (Å²) in [6.45, 7) is 6.29. The molecule has 6 nitrogen and oxygen atoms in total. The molecule has 0 bridgehead atoms. The average molecular weight is 890 g/mol. The Morgan fingerprint density at radius 2 is 0.906 bits per heavy atom. The Balaban J connectivity index is 4.70. The van der Waals surface area contributed by atoms with E-state index in [2.05, 4.69) is 92.9 Å². The quantitative estimate of drug-likeness (QED) is 0.0245. The van der Waals surface area contributed by atoms with E-state index in [-0.39, 0.29) is 24.9 Å². The molecule has 3 N–H and O–H groups in total. The molecule has 0 aromatic heterocycles. The summed E-state index contributed by atoms with van der Waals surface area (Å²) in [6.07, 6.45) is 67.5. The standard InChI is InChI=1S/C58H99NO5/c1-4-7-10-13-16-19-22-25-27-28-30-33-36-39-42-45-48-51-58(63)64-54(49-46-43-40-37-34-31-24-21-18-15-12-9-6-3)52-57(62)59-55(53-60)56(61)50-47-44-41-38-35-32-29-26-23-20-17-14-11-8-5-2/h9,12,15-16,18-19,21,24-25,27,30-31,33-34,39,42,54-56,60-61H,4-8,10-11,13-14,17,20,22-23,26,28-29,32,35-38,40-41,43-53H2,1-3H3,(H,59,62)/b12-9+,18-15+,19-16-,24-21+,27-25-,33-30-,34-31-,42-39-. The van der Waals surface area contributed by atoms with Crippen LogP contribution in [-0.4, -0.2) is 46.9 Å². The molecule has 0 aliphatic heterocycles. The van der Waals surface area contributed by atoms with Crippen molar-refractivity contribution in [2.24, 2.45) is 0 Å². The van der Waals surface area contributed by atoms with Crippen LogP contribution in [0.2, 0.25) is 0 Å².